The van der Waals surface area contributed by atoms with Crippen LogP contribution in [0.5, 0.6) is 5.75 Å². The standard InChI is InChI=1S/C15H19ClN4O3S/c1-4-7-24(21,22)20-15-6-5-14(18-19-15)17-12-8-10(2)11(16)9-13(12)23-3/h5-6,8-9H,4,7H2,1-3H3,(H,17,18)(H,19,20). The van der Waals surface area contributed by atoms with Crippen LogP contribution in [0, 0.1) is 6.92 Å². The van der Waals surface area contributed by atoms with Crippen molar-refractivity contribution in [2.24, 2.45) is 0 Å². The molecular formula is C15H19ClN4O3S. The molecule has 0 saturated carbocycles. The van der Waals surface area contributed by atoms with Crippen molar-refractivity contribution in [3.05, 3.63) is 34.9 Å². The molecule has 1 aromatic carbocycles. The summed E-state index contributed by atoms with van der Waals surface area (Å²) in [6.45, 7) is 3.67. The van der Waals surface area contributed by atoms with Crippen LogP contribution in [0.2, 0.25) is 5.02 Å². The van der Waals surface area contributed by atoms with Crippen molar-refractivity contribution in [1.82, 2.24) is 10.2 Å². The Hall–Kier alpha value is -2.06. The Kier molecular flexibility index (Phi) is 5.84. The number of anilines is 3. The quantitative estimate of drug-likeness (QED) is 0.776. The van der Waals surface area contributed by atoms with Crippen molar-refractivity contribution < 1.29 is 13.2 Å². The number of rotatable bonds is 7. The lowest BCUT2D eigenvalue weighted by Gasteiger charge is -2.12. The number of nitrogens with one attached hydrogen (secondary N) is 2. The molecule has 2 N–H and O–H groups in total. The topological polar surface area (TPSA) is 93.2 Å². The van der Waals surface area contributed by atoms with Crippen LogP contribution in [-0.2, 0) is 10.0 Å². The maximum Gasteiger partial charge on any atom is 0.233 e. The summed E-state index contributed by atoms with van der Waals surface area (Å²) in [6.07, 6.45) is 0.526. The van der Waals surface area contributed by atoms with Crippen LogP contribution in [0.15, 0.2) is 24.3 Å². The Bertz CT molecular complexity index is 810. The molecule has 0 fully saturated rings. The van der Waals surface area contributed by atoms with Gasteiger partial charge in [-0.2, -0.15) is 0 Å². The van der Waals surface area contributed by atoms with Gasteiger partial charge in [-0.25, -0.2) is 8.42 Å². The molecule has 0 spiro atoms. The van der Waals surface area contributed by atoms with Gasteiger partial charge in [-0.3, -0.25) is 4.72 Å². The zero-order chi connectivity index (χ0) is 17.7. The van der Waals surface area contributed by atoms with Crippen molar-refractivity contribution in [2.75, 3.05) is 22.9 Å². The number of methoxy groups -OCH3 is 1. The molecule has 0 saturated heterocycles. The van der Waals surface area contributed by atoms with Crippen molar-refractivity contribution in [1.29, 1.82) is 0 Å². The van der Waals surface area contributed by atoms with E-state index < -0.39 is 10.0 Å². The minimum absolute atomic E-state index is 0.0376. The van der Waals surface area contributed by atoms with Gasteiger partial charge >= 0.3 is 0 Å². The summed E-state index contributed by atoms with van der Waals surface area (Å²) in [7, 11) is -1.84. The SMILES string of the molecule is CCCS(=O)(=O)Nc1ccc(Nc2cc(C)c(Cl)cc2OC)nn1. The Morgan fingerprint density at radius 3 is 2.46 bits per heavy atom. The highest BCUT2D eigenvalue weighted by molar-refractivity contribution is 7.92. The van der Waals surface area contributed by atoms with Crippen LogP contribution in [-0.4, -0.2) is 31.5 Å². The number of hydrogen-bond donors (Lipinski definition) is 2. The van der Waals surface area contributed by atoms with Crippen LogP contribution in [0.4, 0.5) is 17.3 Å². The molecule has 7 nitrogen and oxygen atoms in total. The molecule has 0 unspecified atom stereocenters. The third kappa shape index (κ3) is 4.72. The van der Waals surface area contributed by atoms with Crippen LogP contribution in [0.25, 0.3) is 0 Å². The van der Waals surface area contributed by atoms with Gasteiger partial charge in [0.25, 0.3) is 0 Å². The molecule has 0 bridgehead atoms. The molecule has 0 aliphatic rings. The van der Waals surface area contributed by atoms with Gasteiger partial charge in [-0.15, -0.1) is 10.2 Å². The highest BCUT2D eigenvalue weighted by atomic mass is 35.5. The number of sulfonamides is 1. The second kappa shape index (κ2) is 7.67. The zero-order valence-corrected chi connectivity index (χ0v) is 15.2. The van der Waals surface area contributed by atoms with Gasteiger partial charge in [0.15, 0.2) is 11.6 Å². The highest BCUT2D eigenvalue weighted by Crippen LogP contribution is 2.32. The van der Waals surface area contributed by atoms with Crippen LogP contribution in [0.1, 0.15) is 18.9 Å². The van der Waals surface area contributed by atoms with E-state index in [1.807, 2.05) is 13.0 Å². The lowest BCUT2D eigenvalue weighted by Crippen LogP contribution is -2.17. The Labute approximate surface area is 146 Å². The molecule has 130 valence electrons. The smallest absolute Gasteiger partial charge is 0.233 e. The predicted octanol–water partition coefficient (Wildman–Crippen LogP) is 3.34. The fourth-order valence-electron chi connectivity index (χ4n) is 2.00. The number of ether oxygens (including phenoxy) is 1. The maximum absolute atomic E-state index is 11.7. The van der Waals surface area contributed by atoms with Crippen LogP contribution in [0.3, 0.4) is 0 Å². The van der Waals surface area contributed by atoms with Crippen molar-refractivity contribution >= 4 is 38.9 Å². The molecule has 1 heterocycles. The van der Waals surface area contributed by atoms with Gasteiger partial charge < -0.3 is 10.1 Å². The fourth-order valence-corrected chi connectivity index (χ4v) is 3.22. The number of aromatic nitrogens is 2. The average Bonchev–Trinajstić information content (AvgIpc) is 2.52. The highest BCUT2D eigenvalue weighted by Gasteiger charge is 2.11. The van der Waals surface area contributed by atoms with Crippen LogP contribution < -0.4 is 14.8 Å². The molecule has 2 aromatic rings. The predicted molar refractivity (Wildman–Crippen MR) is 95.8 cm³/mol. The molecule has 24 heavy (non-hydrogen) atoms. The Morgan fingerprint density at radius 2 is 1.88 bits per heavy atom. The van der Waals surface area contributed by atoms with E-state index in [9.17, 15) is 8.42 Å². The zero-order valence-electron chi connectivity index (χ0n) is 13.6. The first-order valence-corrected chi connectivity index (χ1v) is 9.33. The third-order valence-electron chi connectivity index (χ3n) is 3.14. The average molecular weight is 371 g/mol. The summed E-state index contributed by atoms with van der Waals surface area (Å²) in [5.74, 6) is 1.23. The van der Waals surface area contributed by atoms with Gasteiger partial charge in [-0.1, -0.05) is 18.5 Å². The minimum Gasteiger partial charge on any atom is -0.495 e. The summed E-state index contributed by atoms with van der Waals surface area (Å²) in [4.78, 5) is 0. The number of halogens is 1. The molecule has 1 aromatic heterocycles. The van der Waals surface area contributed by atoms with Crippen molar-refractivity contribution in [3.8, 4) is 5.75 Å². The van der Waals surface area contributed by atoms with E-state index in [0.717, 1.165) is 5.56 Å². The lowest BCUT2D eigenvalue weighted by atomic mass is 10.2. The molecule has 0 radical (unpaired) electrons. The van der Waals surface area contributed by atoms with E-state index in [2.05, 4.69) is 20.2 Å². The first-order chi connectivity index (χ1) is 11.3. The number of benzene rings is 1. The van der Waals surface area contributed by atoms with Gasteiger partial charge in [0.2, 0.25) is 10.0 Å². The summed E-state index contributed by atoms with van der Waals surface area (Å²) in [6, 6.07) is 6.71. The van der Waals surface area contributed by atoms with E-state index in [0.29, 0.717) is 28.7 Å². The molecule has 0 aliphatic carbocycles. The van der Waals surface area contributed by atoms with Gasteiger partial charge in [0, 0.05) is 11.1 Å². The van der Waals surface area contributed by atoms with E-state index in [4.69, 9.17) is 16.3 Å². The molecule has 2 rings (SSSR count). The molecular weight excluding hydrogens is 352 g/mol. The fraction of sp³-hybridized carbons (Fsp3) is 0.333. The van der Waals surface area contributed by atoms with Gasteiger partial charge in [-0.05, 0) is 37.1 Å². The van der Waals surface area contributed by atoms with Crippen LogP contribution >= 0.6 is 11.6 Å². The summed E-state index contributed by atoms with van der Waals surface area (Å²) in [5.41, 5.74) is 1.57. The first kappa shape index (κ1) is 18.3. The van der Waals surface area contributed by atoms with Crippen molar-refractivity contribution in [2.45, 2.75) is 20.3 Å². The van der Waals surface area contributed by atoms with Gasteiger partial charge in [0.05, 0.1) is 18.6 Å². The Morgan fingerprint density at radius 1 is 1.21 bits per heavy atom. The second-order valence-corrected chi connectivity index (χ2v) is 7.40. The summed E-state index contributed by atoms with van der Waals surface area (Å²) < 4.78 is 31.1. The summed E-state index contributed by atoms with van der Waals surface area (Å²) >= 11 is 6.07. The number of aryl methyl sites for hydroxylation is 1. The summed E-state index contributed by atoms with van der Waals surface area (Å²) in [5, 5.41) is 11.5. The van der Waals surface area contributed by atoms with E-state index >= 15 is 0 Å². The van der Waals surface area contributed by atoms with Gasteiger partial charge in [0.1, 0.15) is 5.75 Å². The number of nitrogens with zero attached hydrogens (tertiary/aromatic N) is 2. The molecule has 0 aliphatic heterocycles. The minimum atomic E-state index is -3.39. The molecule has 0 atom stereocenters. The molecule has 9 heteroatoms. The largest absolute Gasteiger partial charge is 0.495 e. The maximum atomic E-state index is 11.7. The first-order valence-electron chi connectivity index (χ1n) is 7.30. The van der Waals surface area contributed by atoms with E-state index in [1.54, 1.807) is 26.2 Å². The second-order valence-electron chi connectivity index (χ2n) is 5.15. The third-order valence-corrected chi connectivity index (χ3v) is 5.01. The number of hydrogen-bond acceptors (Lipinski definition) is 6. The lowest BCUT2D eigenvalue weighted by molar-refractivity contribution is 0.416. The normalized spacial score (nSPS) is 11.2. The van der Waals surface area contributed by atoms with Crippen molar-refractivity contribution in [3.63, 3.8) is 0 Å². The van der Waals surface area contributed by atoms with E-state index in [1.165, 1.54) is 6.07 Å². The van der Waals surface area contributed by atoms with E-state index in [-0.39, 0.29) is 11.6 Å². The molecule has 0 amide bonds. The Balaban J connectivity index is 2.16. The monoisotopic (exact) mass is 370 g/mol.